The summed E-state index contributed by atoms with van der Waals surface area (Å²) in [5, 5.41) is 0. The van der Waals surface area contributed by atoms with Crippen molar-refractivity contribution >= 4 is 31.9 Å². The summed E-state index contributed by atoms with van der Waals surface area (Å²) in [5.41, 5.74) is 2.30. The molecule has 0 radical (unpaired) electrons. The van der Waals surface area contributed by atoms with E-state index in [2.05, 4.69) is 49.0 Å². The van der Waals surface area contributed by atoms with Gasteiger partial charge in [-0.3, -0.25) is 0 Å². The molecule has 0 saturated carbocycles. The summed E-state index contributed by atoms with van der Waals surface area (Å²) in [6.45, 7) is 0. The Morgan fingerprint density at radius 3 is 2.00 bits per heavy atom. The Morgan fingerprint density at radius 1 is 0.786 bits per heavy atom. The van der Waals surface area contributed by atoms with E-state index in [9.17, 15) is 0 Å². The highest BCUT2D eigenvalue weighted by atomic mass is 79.9. The maximum Gasteiger partial charge on any atom is 0.106 e. The molecule has 0 unspecified atom stereocenters. The molecule has 14 heavy (non-hydrogen) atoms. The van der Waals surface area contributed by atoms with Crippen molar-refractivity contribution in [2.75, 3.05) is 0 Å². The molecule has 70 valence electrons. The Bertz CT molecular complexity index is 377. The maximum absolute atomic E-state index is 4.18. The predicted molar refractivity (Wildman–Crippen MR) is 65.1 cm³/mol. The van der Waals surface area contributed by atoms with Crippen molar-refractivity contribution in [2.24, 2.45) is 0 Å². The minimum Gasteiger partial charge on any atom is -0.249 e. The first-order valence-corrected chi connectivity index (χ1v) is 5.72. The summed E-state index contributed by atoms with van der Waals surface area (Å²) in [5.74, 6) is 0. The van der Waals surface area contributed by atoms with Crippen LogP contribution in [0.1, 0.15) is 0 Å². The third-order valence-electron chi connectivity index (χ3n) is 1.90. The van der Waals surface area contributed by atoms with Gasteiger partial charge in [-0.15, -0.1) is 0 Å². The van der Waals surface area contributed by atoms with Crippen molar-refractivity contribution in [2.45, 2.75) is 0 Å². The fourth-order valence-corrected chi connectivity index (χ4v) is 1.69. The zero-order chi connectivity index (χ0) is 9.97. The summed E-state index contributed by atoms with van der Waals surface area (Å²) in [4.78, 5) is 4.18. The van der Waals surface area contributed by atoms with Gasteiger partial charge in [-0.1, -0.05) is 34.1 Å². The molecule has 1 nitrogen and oxygen atoms in total. The van der Waals surface area contributed by atoms with Gasteiger partial charge in [0.15, 0.2) is 0 Å². The zero-order valence-electron chi connectivity index (χ0n) is 7.24. The number of benzene rings is 1. The smallest absolute Gasteiger partial charge is 0.106 e. The molecule has 0 saturated heterocycles. The largest absolute Gasteiger partial charge is 0.249 e. The van der Waals surface area contributed by atoms with Gasteiger partial charge >= 0.3 is 0 Å². The second-order valence-corrected chi connectivity index (χ2v) is 4.60. The maximum atomic E-state index is 4.18. The number of hydrogen-bond donors (Lipinski definition) is 0. The molecule has 0 aliphatic rings. The van der Waals surface area contributed by atoms with Crippen LogP contribution in [0.2, 0.25) is 0 Å². The number of nitrogens with zero attached hydrogens (tertiary/aromatic N) is 1. The minimum absolute atomic E-state index is 0.860. The fourth-order valence-electron chi connectivity index (χ4n) is 1.19. The molecule has 1 aromatic carbocycles. The van der Waals surface area contributed by atoms with E-state index in [0.29, 0.717) is 0 Å². The van der Waals surface area contributed by atoms with Gasteiger partial charge in [0.2, 0.25) is 0 Å². The van der Waals surface area contributed by atoms with Gasteiger partial charge in [0.1, 0.15) is 4.60 Å². The molecule has 0 aliphatic carbocycles. The van der Waals surface area contributed by atoms with Gasteiger partial charge in [0.25, 0.3) is 0 Å². The quantitative estimate of drug-likeness (QED) is 0.716. The Morgan fingerprint density at radius 2 is 1.43 bits per heavy atom. The average Bonchev–Trinajstić information content (AvgIpc) is 2.21. The second-order valence-electron chi connectivity index (χ2n) is 2.88. The molecule has 0 fully saturated rings. The highest BCUT2D eigenvalue weighted by Crippen LogP contribution is 2.21. The molecule has 1 aromatic heterocycles. The van der Waals surface area contributed by atoms with Crippen LogP contribution < -0.4 is 0 Å². The van der Waals surface area contributed by atoms with Crippen LogP contribution in [0.15, 0.2) is 51.7 Å². The second kappa shape index (κ2) is 4.24. The van der Waals surface area contributed by atoms with Gasteiger partial charge < -0.3 is 0 Å². The predicted octanol–water partition coefficient (Wildman–Crippen LogP) is 4.27. The third-order valence-corrected chi connectivity index (χ3v) is 2.90. The summed E-state index contributed by atoms with van der Waals surface area (Å²) in [6, 6.07) is 12.2. The summed E-state index contributed by atoms with van der Waals surface area (Å²) < 4.78 is 1.95. The summed E-state index contributed by atoms with van der Waals surface area (Å²) in [6.07, 6.45) is 1.85. The summed E-state index contributed by atoms with van der Waals surface area (Å²) >= 11 is 6.72. The van der Waals surface area contributed by atoms with E-state index in [4.69, 9.17) is 0 Å². The van der Waals surface area contributed by atoms with Gasteiger partial charge in [0, 0.05) is 16.2 Å². The Balaban J connectivity index is 2.40. The lowest BCUT2D eigenvalue weighted by Crippen LogP contribution is -1.79. The van der Waals surface area contributed by atoms with Crippen molar-refractivity contribution in [3.05, 3.63) is 51.7 Å². The monoisotopic (exact) mass is 311 g/mol. The van der Waals surface area contributed by atoms with Crippen LogP contribution in [0.3, 0.4) is 0 Å². The van der Waals surface area contributed by atoms with E-state index in [-0.39, 0.29) is 0 Å². The molecule has 0 amide bonds. The van der Waals surface area contributed by atoms with Gasteiger partial charge in [-0.05, 0) is 39.7 Å². The number of halogens is 2. The van der Waals surface area contributed by atoms with E-state index in [1.807, 2.05) is 30.5 Å². The first kappa shape index (κ1) is 9.87. The van der Waals surface area contributed by atoms with Crippen molar-refractivity contribution < 1.29 is 0 Å². The van der Waals surface area contributed by atoms with Crippen molar-refractivity contribution in [3.8, 4) is 11.1 Å². The highest BCUT2D eigenvalue weighted by Gasteiger charge is 1.97. The topological polar surface area (TPSA) is 12.9 Å². The molecular formula is C11H7Br2N. The molecule has 2 rings (SSSR count). The van der Waals surface area contributed by atoms with Gasteiger partial charge in [-0.25, -0.2) is 4.98 Å². The lowest BCUT2D eigenvalue weighted by molar-refractivity contribution is 1.28. The van der Waals surface area contributed by atoms with Crippen LogP contribution in [0.25, 0.3) is 11.1 Å². The molecule has 0 spiro atoms. The standard InChI is InChI=1S/C11H7Br2N/c12-10-4-1-8(2-5-10)9-3-6-11(13)14-7-9/h1-7H. The number of hydrogen-bond acceptors (Lipinski definition) is 1. The van der Waals surface area contributed by atoms with Crippen LogP contribution in [-0.4, -0.2) is 4.98 Å². The van der Waals surface area contributed by atoms with Crippen molar-refractivity contribution in [1.29, 1.82) is 0 Å². The van der Waals surface area contributed by atoms with Gasteiger partial charge in [0.05, 0.1) is 0 Å². The Hall–Kier alpha value is -0.670. The van der Waals surface area contributed by atoms with Crippen LogP contribution in [-0.2, 0) is 0 Å². The van der Waals surface area contributed by atoms with E-state index < -0.39 is 0 Å². The molecule has 0 atom stereocenters. The first-order chi connectivity index (χ1) is 6.75. The van der Waals surface area contributed by atoms with Crippen LogP contribution in [0.4, 0.5) is 0 Å². The number of rotatable bonds is 1. The fraction of sp³-hybridized carbons (Fsp3) is 0. The van der Waals surface area contributed by atoms with Crippen LogP contribution in [0.5, 0.6) is 0 Å². The van der Waals surface area contributed by atoms with Crippen molar-refractivity contribution in [1.82, 2.24) is 4.98 Å². The third kappa shape index (κ3) is 2.22. The van der Waals surface area contributed by atoms with Gasteiger partial charge in [-0.2, -0.15) is 0 Å². The van der Waals surface area contributed by atoms with Crippen molar-refractivity contribution in [3.63, 3.8) is 0 Å². The molecule has 0 bridgehead atoms. The molecule has 0 aliphatic heterocycles. The molecule has 1 heterocycles. The average molecular weight is 313 g/mol. The molecule has 2 aromatic rings. The lowest BCUT2D eigenvalue weighted by Gasteiger charge is -2.00. The van der Waals surface area contributed by atoms with E-state index >= 15 is 0 Å². The Labute approximate surface area is 99.4 Å². The van der Waals surface area contributed by atoms with Crippen LogP contribution >= 0.6 is 31.9 Å². The molecule has 0 N–H and O–H groups in total. The Kier molecular flexibility index (Phi) is 2.99. The first-order valence-electron chi connectivity index (χ1n) is 4.13. The van der Waals surface area contributed by atoms with Crippen LogP contribution in [0, 0.1) is 0 Å². The van der Waals surface area contributed by atoms with E-state index in [1.54, 1.807) is 0 Å². The SMILES string of the molecule is Brc1ccc(-c2ccc(Br)nc2)cc1. The number of pyridine rings is 1. The van der Waals surface area contributed by atoms with E-state index in [1.165, 1.54) is 5.56 Å². The number of aromatic nitrogens is 1. The lowest BCUT2D eigenvalue weighted by atomic mass is 10.1. The minimum atomic E-state index is 0.860. The summed E-state index contributed by atoms with van der Waals surface area (Å²) in [7, 11) is 0. The van der Waals surface area contributed by atoms with E-state index in [0.717, 1.165) is 14.6 Å². The zero-order valence-corrected chi connectivity index (χ0v) is 10.4. The molecule has 3 heteroatoms. The normalized spacial score (nSPS) is 10.1. The highest BCUT2D eigenvalue weighted by molar-refractivity contribution is 9.10. The molecular weight excluding hydrogens is 306 g/mol.